The highest BCUT2D eigenvalue weighted by Gasteiger charge is 1.88. The first-order valence-electron chi connectivity index (χ1n) is 1.61. The van der Waals surface area contributed by atoms with Gasteiger partial charge in [0, 0.05) is 0 Å². The van der Waals surface area contributed by atoms with E-state index in [0.717, 1.165) is 0 Å². The fraction of sp³-hybridized carbons (Fsp3) is 1.00. The maximum Gasteiger partial charge on any atom is 0.163 e. The minimum Gasteiger partial charge on any atom is -0.239 e. The molecule has 0 heterocycles. The standard InChI is InChI=1S/C3H7ClO2/c1-3(4)6-5-2/h3H,1-2H3. The molecule has 2 nitrogen and oxygen atoms in total. The fourth-order valence-corrected chi connectivity index (χ4v) is 0.205. The van der Waals surface area contributed by atoms with Crippen LogP contribution in [-0.2, 0) is 9.78 Å². The Bertz CT molecular complexity index is 30.0. The van der Waals surface area contributed by atoms with Gasteiger partial charge in [-0.05, 0) is 6.92 Å². The summed E-state index contributed by atoms with van der Waals surface area (Å²) in [4.78, 5) is 8.48. The molecule has 0 aromatic carbocycles. The van der Waals surface area contributed by atoms with Crippen molar-refractivity contribution in [3.05, 3.63) is 0 Å². The lowest BCUT2D eigenvalue weighted by Gasteiger charge is -1.96. The highest BCUT2D eigenvalue weighted by Crippen LogP contribution is 1.92. The van der Waals surface area contributed by atoms with Crippen LogP contribution in [0, 0.1) is 0 Å². The maximum atomic E-state index is 5.23. The molecule has 6 heavy (non-hydrogen) atoms. The first kappa shape index (κ1) is 6.21. The Morgan fingerprint density at radius 2 is 2.17 bits per heavy atom. The lowest BCUT2D eigenvalue weighted by atomic mass is 10.9. The van der Waals surface area contributed by atoms with Gasteiger partial charge in [0.05, 0.1) is 7.11 Å². The van der Waals surface area contributed by atoms with Crippen molar-refractivity contribution in [2.24, 2.45) is 0 Å². The minimum atomic E-state index is -0.352. The zero-order valence-corrected chi connectivity index (χ0v) is 4.53. The summed E-state index contributed by atoms with van der Waals surface area (Å²) in [7, 11) is 1.42. The SMILES string of the molecule is COOC(C)Cl. The molecule has 0 aliphatic carbocycles. The van der Waals surface area contributed by atoms with Gasteiger partial charge in [-0.2, -0.15) is 0 Å². The second kappa shape index (κ2) is 3.40. The van der Waals surface area contributed by atoms with Crippen molar-refractivity contribution in [3.63, 3.8) is 0 Å². The van der Waals surface area contributed by atoms with Gasteiger partial charge in [0.25, 0.3) is 0 Å². The summed E-state index contributed by atoms with van der Waals surface area (Å²) in [6, 6.07) is 0. The monoisotopic (exact) mass is 110 g/mol. The Hall–Kier alpha value is 0.210. The van der Waals surface area contributed by atoms with Crippen LogP contribution in [0.25, 0.3) is 0 Å². The van der Waals surface area contributed by atoms with Crippen LogP contribution in [0.1, 0.15) is 6.92 Å². The van der Waals surface area contributed by atoms with E-state index in [4.69, 9.17) is 11.6 Å². The summed E-state index contributed by atoms with van der Waals surface area (Å²) >= 11 is 5.23. The molecule has 0 aliphatic rings. The topological polar surface area (TPSA) is 18.5 Å². The lowest BCUT2D eigenvalue weighted by Crippen LogP contribution is -1.95. The van der Waals surface area contributed by atoms with E-state index in [0.29, 0.717) is 0 Å². The Balaban J connectivity index is 2.63. The first-order valence-corrected chi connectivity index (χ1v) is 2.04. The first-order chi connectivity index (χ1) is 2.77. The van der Waals surface area contributed by atoms with Gasteiger partial charge in [0.2, 0.25) is 0 Å². The maximum absolute atomic E-state index is 5.23. The van der Waals surface area contributed by atoms with Crippen molar-refractivity contribution in [1.29, 1.82) is 0 Å². The smallest absolute Gasteiger partial charge is 0.163 e. The highest BCUT2D eigenvalue weighted by molar-refractivity contribution is 6.19. The number of hydrogen-bond donors (Lipinski definition) is 0. The summed E-state index contributed by atoms with van der Waals surface area (Å²) in [6.07, 6.45) is 0. The summed E-state index contributed by atoms with van der Waals surface area (Å²) in [6.45, 7) is 1.67. The Morgan fingerprint density at radius 3 is 2.17 bits per heavy atom. The average Bonchev–Trinajstić information content (AvgIpc) is 1.35. The van der Waals surface area contributed by atoms with Gasteiger partial charge in [0.15, 0.2) is 5.56 Å². The molecule has 0 aromatic heterocycles. The molecule has 38 valence electrons. The fourth-order valence-electron chi connectivity index (χ4n) is 0.133. The predicted molar refractivity (Wildman–Crippen MR) is 23.4 cm³/mol. The Labute approximate surface area is 41.9 Å². The van der Waals surface area contributed by atoms with Gasteiger partial charge in [-0.25, -0.2) is 9.78 Å². The molecule has 0 aromatic rings. The van der Waals surface area contributed by atoms with Gasteiger partial charge in [-0.1, -0.05) is 11.6 Å². The molecule has 0 amide bonds. The second-order valence-electron chi connectivity index (χ2n) is 0.806. The van der Waals surface area contributed by atoms with Crippen LogP contribution in [0.15, 0.2) is 0 Å². The third kappa shape index (κ3) is 4.21. The van der Waals surface area contributed by atoms with E-state index >= 15 is 0 Å². The zero-order valence-electron chi connectivity index (χ0n) is 3.77. The molecular weight excluding hydrogens is 103 g/mol. The van der Waals surface area contributed by atoms with Gasteiger partial charge < -0.3 is 0 Å². The Morgan fingerprint density at radius 1 is 1.67 bits per heavy atom. The van der Waals surface area contributed by atoms with E-state index < -0.39 is 0 Å². The molecule has 0 rings (SSSR count). The van der Waals surface area contributed by atoms with Crippen LogP contribution in [0.5, 0.6) is 0 Å². The quantitative estimate of drug-likeness (QED) is 0.302. The molecule has 0 bridgehead atoms. The molecule has 0 spiro atoms. The summed E-state index contributed by atoms with van der Waals surface area (Å²) in [5, 5.41) is 0. The molecular formula is C3H7ClO2. The van der Waals surface area contributed by atoms with E-state index in [2.05, 4.69) is 9.78 Å². The van der Waals surface area contributed by atoms with Crippen molar-refractivity contribution in [2.75, 3.05) is 7.11 Å². The van der Waals surface area contributed by atoms with Crippen LogP contribution in [-0.4, -0.2) is 12.7 Å². The number of alkyl halides is 1. The van der Waals surface area contributed by atoms with Crippen molar-refractivity contribution < 1.29 is 9.78 Å². The van der Waals surface area contributed by atoms with Crippen molar-refractivity contribution in [2.45, 2.75) is 12.5 Å². The van der Waals surface area contributed by atoms with Gasteiger partial charge in [0.1, 0.15) is 0 Å². The van der Waals surface area contributed by atoms with Crippen molar-refractivity contribution in [3.8, 4) is 0 Å². The van der Waals surface area contributed by atoms with Gasteiger partial charge in [-0.3, -0.25) is 0 Å². The summed E-state index contributed by atoms with van der Waals surface area (Å²) in [5.41, 5.74) is -0.352. The second-order valence-corrected chi connectivity index (χ2v) is 1.42. The lowest BCUT2D eigenvalue weighted by molar-refractivity contribution is -0.281. The molecule has 1 unspecified atom stereocenters. The van der Waals surface area contributed by atoms with E-state index in [-0.39, 0.29) is 5.56 Å². The van der Waals surface area contributed by atoms with Crippen LogP contribution < -0.4 is 0 Å². The molecule has 3 heteroatoms. The average molecular weight is 111 g/mol. The Kier molecular flexibility index (Phi) is 3.52. The molecule has 0 aliphatic heterocycles. The van der Waals surface area contributed by atoms with E-state index in [1.165, 1.54) is 7.11 Å². The third-order valence-corrected chi connectivity index (χ3v) is 0.302. The number of rotatable bonds is 2. The third-order valence-electron chi connectivity index (χ3n) is 0.229. The summed E-state index contributed by atoms with van der Waals surface area (Å²) in [5.74, 6) is 0. The number of hydrogen-bond acceptors (Lipinski definition) is 2. The van der Waals surface area contributed by atoms with Crippen molar-refractivity contribution in [1.82, 2.24) is 0 Å². The minimum absolute atomic E-state index is 0.352. The molecule has 0 radical (unpaired) electrons. The van der Waals surface area contributed by atoms with Crippen LogP contribution in [0.3, 0.4) is 0 Å². The molecule has 0 saturated carbocycles. The van der Waals surface area contributed by atoms with Crippen LogP contribution in [0.4, 0.5) is 0 Å². The van der Waals surface area contributed by atoms with Gasteiger partial charge in [-0.15, -0.1) is 0 Å². The molecule has 0 fully saturated rings. The molecule has 0 N–H and O–H groups in total. The van der Waals surface area contributed by atoms with E-state index in [1.54, 1.807) is 6.92 Å². The highest BCUT2D eigenvalue weighted by atomic mass is 35.5. The van der Waals surface area contributed by atoms with Crippen molar-refractivity contribution >= 4 is 11.6 Å². The molecule has 0 saturated heterocycles. The molecule has 1 atom stereocenters. The summed E-state index contributed by atoms with van der Waals surface area (Å²) < 4.78 is 0. The van der Waals surface area contributed by atoms with E-state index in [1.807, 2.05) is 0 Å². The van der Waals surface area contributed by atoms with Crippen LogP contribution in [0.2, 0.25) is 0 Å². The zero-order chi connectivity index (χ0) is 4.99. The predicted octanol–water partition coefficient (Wildman–Crippen LogP) is 1.15. The number of halogens is 1. The van der Waals surface area contributed by atoms with Gasteiger partial charge >= 0.3 is 0 Å². The van der Waals surface area contributed by atoms with E-state index in [9.17, 15) is 0 Å². The normalized spacial score (nSPS) is 14.5. The van der Waals surface area contributed by atoms with Crippen LogP contribution >= 0.6 is 11.6 Å². The largest absolute Gasteiger partial charge is 0.239 e.